The van der Waals surface area contributed by atoms with Crippen LogP contribution in [0.4, 0.5) is 0 Å². The number of hydrogen-bond donors (Lipinski definition) is 0. The van der Waals surface area contributed by atoms with Crippen LogP contribution in [0.15, 0.2) is 85.1 Å². The smallest absolute Gasteiger partial charge is 0.306 e. The third kappa shape index (κ3) is 63.4. The number of rotatable bonds is 61. The summed E-state index contributed by atoms with van der Waals surface area (Å²) in [4.78, 5) is 38.2. The van der Waals surface area contributed by atoms with Gasteiger partial charge >= 0.3 is 17.9 Å². The van der Waals surface area contributed by atoms with Crippen molar-refractivity contribution < 1.29 is 28.6 Å². The summed E-state index contributed by atoms with van der Waals surface area (Å²) in [6.07, 6.45) is 87.5. The van der Waals surface area contributed by atoms with E-state index in [-0.39, 0.29) is 31.1 Å². The van der Waals surface area contributed by atoms with E-state index in [2.05, 4.69) is 106 Å². The highest BCUT2D eigenvalue weighted by Gasteiger charge is 2.19. The number of unbranched alkanes of at least 4 members (excludes halogenated alkanes) is 36. The van der Waals surface area contributed by atoms with Crippen LogP contribution in [0.5, 0.6) is 0 Å². The molecule has 0 spiro atoms. The second kappa shape index (κ2) is 66.1. The zero-order valence-electron chi connectivity index (χ0n) is 51.7. The molecule has 0 aliphatic rings. The number of allylic oxidation sites excluding steroid dienone is 14. The molecule has 0 saturated heterocycles. The third-order valence-electron chi connectivity index (χ3n) is 14.6. The lowest BCUT2D eigenvalue weighted by molar-refractivity contribution is -0.167. The lowest BCUT2D eigenvalue weighted by atomic mass is 10.0. The van der Waals surface area contributed by atoms with Gasteiger partial charge in [0.25, 0.3) is 0 Å². The van der Waals surface area contributed by atoms with E-state index in [1.54, 1.807) is 0 Å². The summed E-state index contributed by atoms with van der Waals surface area (Å²) in [7, 11) is 0. The Kier molecular flexibility index (Phi) is 63.2. The fourth-order valence-electron chi connectivity index (χ4n) is 9.62. The summed E-state index contributed by atoms with van der Waals surface area (Å²) < 4.78 is 16.9. The number of hydrogen-bond acceptors (Lipinski definition) is 6. The molecule has 0 aromatic rings. The van der Waals surface area contributed by atoms with Gasteiger partial charge in [-0.3, -0.25) is 14.4 Å². The third-order valence-corrected chi connectivity index (χ3v) is 14.6. The molecule has 0 bridgehead atoms. The van der Waals surface area contributed by atoms with Crippen LogP contribution in [-0.4, -0.2) is 37.2 Å². The van der Waals surface area contributed by atoms with E-state index >= 15 is 0 Å². The molecular weight excluding hydrogens is 961 g/mol. The highest BCUT2D eigenvalue weighted by atomic mass is 16.6. The predicted molar refractivity (Wildman–Crippen MR) is 339 cm³/mol. The summed E-state index contributed by atoms with van der Waals surface area (Å²) in [6, 6.07) is 0. The van der Waals surface area contributed by atoms with E-state index in [4.69, 9.17) is 14.2 Å². The summed E-state index contributed by atoms with van der Waals surface area (Å²) in [5.74, 6) is -0.865. The van der Waals surface area contributed by atoms with E-state index in [9.17, 15) is 14.4 Å². The second-order valence-corrected chi connectivity index (χ2v) is 22.4. The average Bonchev–Trinajstić information content (AvgIpc) is 3.44. The summed E-state index contributed by atoms with van der Waals surface area (Å²) in [5, 5.41) is 0. The number of esters is 3. The predicted octanol–water partition coefficient (Wildman–Crippen LogP) is 23.1. The van der Waals surface area contributed by atoms with Gasteiger partial charge in [0.1, 0.15) is 13.2 Å². The average molecular weight is 1090 g/mol. The first kappa shape index (κ1) is 74.6. The number of ether oxygens (including phenoxy) is 3. The zero-order chi connectivity index (χ0) is 56.4. The van der Waals surface area contributed by atoms with Gasteiger partial charge in [0.2, 0.25) is 0 Å². The monoisotopic (exact) mass is 1090 g/mol. The Balaban J connectivity index is 4.13. The van der Waals surface area contributed by atoms with E-state index < -0.39 is 6.10 Å². The van der Waals surface area contributed by atoms with E-state index in [1.165, 1.54) is 199 Å². The zero-order valence-corrected chi connectivity index (χ0v) is 51.7. The quantitative estimate of drug-likeness (QED) is 0.0261. The molecule has 0 saturated carbocycles. The molecule has 0 N–H and O–H groups in total. The van der Waals surface area contributed by atoms with E-state index in [0.717, 1.165) is 96.3 Å². The normalized spacial score (nSPS) is 12.6. The first-order valence-electron chi connectivity index (χ1n) is 33.6. The Bertz CT molecular complexity index is 1480. The summed E-state index contributed by atoms with van der Waals surface area (Å²) in [5.41, 5.74) is 0. The molecule has 0 aromatic carbocycles. The van der Waals surface area contributed by atoms with Crippen molar-refractivity contribution in [2.24, 2.45) is 0 Å². The van der Waals surface area contributed by atoms with Gasteiger partial charge in [-0.2, -0.15) is 0 Å². The van der Waals surface area contributed by atoms with Crippen molar-refractivity contribution in [3.8, 4) is 0 Å². The van der Waals surface area contributed by atoms with Crippen molar-refractivity contribution in [2.45, 2.75) is 341 Å². The molecule has 0 aliphatic heterocycles. The first-order valence-corrected chi connectivity index (χ1v) is 33.6. The molecule has 6 heteroatoms. The van der Waals surface area contributed by atoms with Crippen molar-refractivity contribution in [2.75, 3.05) is 13.2 Å². The first-order chi connectivity index (χ1) is 38.5. The molecule has 0 aromatic heterocycles. The van der Waals surface area contributed by atoms with Crippen LogP contribution >= 0.6 is 0 Å². The van der Waals surface area contributed by atoms with Gasteiger partial charge in [-0.25, -0.2) is 0 Å². The van der Waals surface area contributed by atoms with Gasteiger partial charge in [0.05, 0.1) is 0 Å². The minimum absolute atomic E-state index is 0.0732. The minimum Gasteiger partial charge on any atom is -0.462 e. The molecule has 450 valence electrons. The fraction of sp³-hybridized carbons (Fsp3) is 0.764. The highest BCUT2D eigenvalue weighted by Crippen LogP contribution is 2.17. The van der Waals surface area contributed by atoms with Gasteiger partial charge in [-0.15, -0.1) is 0 Å². The van der Waals surface area contributed by atoms with Crippen molar-refractivity contribution in [1.29, 1.82) is 0 Å². The highest BCUT2D eigenvalue weighted by molar-refractivity contribution is 5.71. The maximum Gasteiger partial charge on any atom is 0.306 e. The topological polar surface area (TPSA) is 78.9 Å². The molecule has 0 radical (unpaired) electrons. The molecule has 0 rings (SSSR count). The van der Waals surface area contributed by atoms with Gasteiger partial charge in [-0.1, -0.05) is 305 Å². The number of carbonyl (C=O) groups excluding carboxylic acids is 3. The molecule has 0 heterocycles. The van der Waals surface area contributed by atoms with Crippen LogP contribution in [0.3, 0.4) is 0 Å². The maximum atomic E-state index is 12.9. The van der Waals surface area contributed by atoms with Crippen molar-refractivity contribution >= 4 is 17.9 Å². The summed E-state index contributed by atoms with van der Waals surface area (Å²) in [6.45, 7) is 6.54. The molecule has 1 unspecified atom stereocenters. The standard InChI is InChI=1S/C72H126O6/c1-4-7-10-13-16-19-22-24-26-28-29-30-31-32-33-34-35-36-37-38-39-40-41-42-43-45-46-48-50-53-56-59-62-65-71(74)77-68-69(67-76-70(73)64-61-58-55-52-21-18-15-12-9-6-3)78-72(75)66-63-60-57-54-51-49-47-44-27-25-23-20-17-14-11-8-5-2/h7,10,16,19,24-27,29-30,32-33,35-36,69H,4-6,8-9,11-15,17-18,20-23,28,31,34,37-68H2,1-3H3/b10-7-,19-16-,26-24-,27-25-,30-29-,33-32-,36-35-. The number of carbonyl (C=O) groups is 3. The van der Waals surface area contributed by atoms with Crippen LogP contribution in [0.2, 0.25) is 0 Å². The minimum atomic E-state index is -0.775. The van der Waals surface area contributed by atoms with Crippen LogP contribution < -0.4 is 0 Å². The van der Waals surface area contributed by atoms with Crippen molar-refractivity contribution in [3.05, 3.63) is 85.1 Å². The molecule has 0 aliphatic carbocycles. The van der Waals surface area contributed by atoms with E-state index in [0.29, 0.717) is 19.3 Å². The van der Waals surface area contributed by atoms with Gasteiger partial charge in [-0.05, 0) is 96.3 Å². The van der Waals surface area contributed by atoms with Crippen LogP contribution in [-0.2, 0) is 28.6 Å². The lowest BCUT2D eigenvalue weighted by Gasteiger charge is -2.18. The molecule has 0 amide bonds. The Morgan fingerprint density at radius 3 is 0.795 bits per heavy atom. The maximum absolute atomic E-state index is 12.9. The Morgan fingerprint density at radius 2 is 0.500 bits per heavy atom. The Morgan fingerprint density at radius 1 is 0.269 bits per heavy atom. The van der Waals surface area contributed by atoms with Crippen LogP contribution in [0, 0.1) is 0 Å². The fourth-order valence-corrected chi connectivity index (χ4v) is 9.62. The SMILES string of the molecule is CC/C=C\C/C=C\C/C=C\C/C=C\C/C=C\C/C=C\CCCCCCCCCCCCCCCCC(=O)OCC(COC(=O)CCCCCCCCCCCC)OC(=O)CCCCCCCCC/C=C\CCCCCCCC. The largest absolute Gasteiger partial charge is 0.462 e. The van der Waals surface area contributed by atoms with Gasteiger partial charge < -0.3 is 14.2 Å². The molecule has 78 heavy (non-hydrogen) atoms. The Labute approximate surface area is 484 Å². The Hall–Kier alpha value is -3.41. The molecule has 1 atom stereocenters. The molecule has 0 fully saturated rings. The lowest BCUT2D eigenvalue weighted by Crippen LogP contribution is -2.30. The molecule has 6 nitrogen and oxygen atoms in total. The summed E-state index contributed by atoms with van der Waals surface area (Å²) >= 11 is 0. The molecular formula is C72H126O6. The van der Waals surface area contributed by atoms with Gasteiger partial charge in [0, 0.05) is 19.3 Å². The second-order valence-electron chi connectivity index (χ2n) is 22.4. The van der Waals surface area contributed by atoms with Crippen molar-refractivity contribution in [1.82, 2.24) is 0 Å². The van der Waals surface area contributed by atoms with E-state index in [1.807, 2.05) is 0 Å². The van der Waals surface area contributed by atoms with Crippen LogP contribution in [0.25, 0.3) is 0 Å². The van der Waals surface area contributed by atoms with Crippen molar-refractivity contribution in [3.63, 3.8) is 0 Å². The van der Waals surface area contributed by atoms with Gasteiger partial charge in [0.15, 0.2) is 6.10 Å². The van der Waals surface area contributed by atoms with Crippen LogP contribution in [0.1, 0.15) is 335 Å².